The average Bonchev–Trinajstić information content (AvgIpc) is 2.04. The van der Waals surface area contributed by atoms with Gasteiger partial charge >= 0.3 is 0 Å². The molecule has 0 aromatic rings. The van der Waals surface area contributed by atoms with E-state index in [0.29, 0.717) is 11.5 Å². The van der Waals surface area contributed by atoms with E-state index in [4.69, 9.17) is 4.18 Å². The first-order chi connectivity index (χ1) is 6.04. The van der Waals surface area contributed by atoms with Crippen LogP contribution in [0.4, 0.5) is 0 Å². The van der Waals surface area contributed by atoms with Crippen LogP contribution in [-0.4, -0.2) is 12.4 Å². The van der Waals surface area contributed by atoms with Gasteiger partial charge in [-0.1, -0.05) is 20.8 Å². The molecule has 0 bridgehead atoms. The number of hydrogen-bond donors (Lipinski definition) is 0. The highest BCUT2D eigenvalue weighted by Gasteiger charge is 2.29. The van der Waals surface area contributed by atoms with Gasteiger partial charge in [0.05, 0.1) is 6.10 Å². The highest BCUT2D eigenvalue weighted by molar-refractivity contribution is 7.93. The molecule has 1 saturated carbocycles. The van der Waals surface area contributed by atoms with Crippen molar-refractivity contribution >= 4 is 12.0 Å². The van der Waals surface area contributed by atoms with Crippen molar-refractivity contribution in [2.24, 2.45) is 11.3 Å². The van der Waals surface area contributed by atoms with Crippen molar-refractivity contribution in [1.29, 1.82) is 0 Å². The first kappa shape index (κ1) is 11.4. The zero-order valence-corrected chi connectivity index (χ0v) is 10.1. The fraction of sp³-hybridized carbons (Fsp3) is 1.00. The molecule has 0 atom stereocenters. The third-order valence-electron chi connectivity index (χ3n) is 3.13. The van der Waals surface area contributed by atoms with Gasteiger partial charge in [-0.25, -0.2) is 0 Å². The van der Waals surface area contributed by atoms with Gasteiger partial charge in [-0.05, 0) is 49.1 Å². The van der Waals surface area contributed by atoms with Gasteiger partial charge in [0, 0.05) is 6.26 Å². The van der Waals surface area contributed by atoms with Crippen LogP contribution in [0.15, 0.2) is 0 Å². The molecule has 1 nitrogen and oxygen atoms in total. The molecule has 0 heterocycles. The van der Waals surface area contributed by atoms with E-state index in [-0.39, 0.29) is 0 Å². The Morgan fingerprint density at radius 2 is 1.62 bits per heavy atom. The molecule has 0 amide bonds. The Bertz CT molecular complexity index is 143. The lowest BCUT2D eigenvalue weighted by Crippen LogP contribution is -2.28. The van der Waals surface area contributed by atoms with E-state index < -0.39 is 0 Å². The summed E-state index contributed by atoms with van der Waals surface area (Å²) in [6.45, 7) is 7.06. The zero-order valence-electron chi connectivity index (χ0n) is 9.30. The first-order valence-corrected chi connectivity index (χ1v) is 6.38. The Hall–Kier alpha value is 0.310. The minimum Gasteiger partial charge on any atom is -0.312 e. The molecular weight excluding hydrogens is 180 g/mol. The zero-order chi connectivity index (χ0) is 9.90. The number of rotatable bonds is 2. The van der Waals surface area contributed by atoms with Crippen molar-refractivity contribution in [3.8, 4) is 0 Å². The predicted molar refractivity (Wildman–Crippen MR) is 59.8 cm³/mol. The fourth-order valence-corrected chi connectivity index (χ4v) is 2.63. The summed E-state index contributed by atoms with van der Waals surface area (Å²) in [6.07, 6.45) is 7.72. The van der Waals surface area contributed by atoms with Crippen molar-refractivity contribution < 1.29 is 4.18 Å². The molecule has 1 aliphatic rings. The summed E-state index contributed by atoms with van der Waals surface area (Å²) in [7, 11) is 0. The molecule has 1 fully saturated rings. The predicted octanol–water partition coefficient (Wildman–Crippen LogP) is 3.89. The van der Waals surface area contributed by atoms with E-state index in [9.17, 15) is 0 Å². The molecule has 0 radical (unpaired) electrons. The maximum absolute atomic E-state index is 5.56. The highest BCUT2D eigenvalue weighted by atomic mass is 32.2. The third kappa shape index (κ3) is 3.51. The summed E-state index contributed by atoms with van der Waals surface area (Å²) < 4.78 is 5.56. The minimum absolute atomic E-state index is 0.490. The summed E-state index contributed by atoms with van der Waals surface area (Å²) in [5, 5.41) is 0. The summed E-state index contributed by atoms with van der Waals surface area (Å²) in [5.74, 6) is 0.897. The molecule has 1 aliphatic carbocycles. The van der Waals surface area contributed by atoms with E-state index in [1.165, 1.54) is 37.7 Å². The Morgan fingerprint density at radius 3 is 2.00 bits per heavy atom. The SMILES string of the molecule is CSOC1CCC(C(C)(C)C)CC1. The molecule has 2 heteroatoms. The van der Waals surface area contributed by atoms with Crippen molar-refractivity contribution in [3.05, 3.63) is 0 Å². The van der Waals surface area contributed by atoms with Gasteiger partial charge < -0.3 is 4.18 Å². The second-order valence-corrected chi connectivity index (χ2v) is 5.63. The van der Waals surface area contributed by atoms with Crippen molar-refractivity contribution in [2.45, 2.75) is 52.6 Å². The van der Waals surface area contributed by atoms with Crippen LogP contribution in [0.1, 0.15) is 46.5 Å². The standard InChI is InChI=1S/C11H22OS/c1-11(2,3)9-5-7-10(8-6-9)12-13-4/h9-10H,5-8H2,1-4H3. The van der Waals surface area contributed by atoms with E-state index >= 15 is 0 Å². The quantitative estimate of drug-likeness (QED) is 0.628. The molecule has 0 unspecified atom stereocenters. The van der Waals surface area contributed by atoms with Crippen LogP contribution in [0, 0.1) is 11.3 Å². The van der Waals surface area contributed by atoms with Gasteiger partial charge in [-0.2, -0.15) is 0 Å². The second-order valence-electron chi connectivity index (χ2n) is 5.10. The minimum atomic E-state index is 0.490. The van der Waals surface area contributed by atoms with Crippen LogP contribution in [0.2, 0.25) is 0 Å². The maximum Gasteiger partial charge on any atom is 0.0722 e. The van der Waals surface area contributed by atoms with Crippen LogP contribution in [0.5, 0.6) is 0 Å². The highest BCUT2D eigenvalue weighted by Crippen LogP contribution is 2.38. The Balaban J connectivity index is 2.30. The van der Waals surface area contributed by atoms with Crippen LogP contribution in [0.3, 0.4) is 0 Å². The molecule has 1 rings (SSSR count). The lowest BCUT2D eigenvalue weighted by molar-refractivity contribution is 0.102. The number of hydrogen-bond acceptors (Lipinski definition) is 2. The van der Waals surface area contributed by atoms with Crippen molar-refractivity contribution in [1.82, 2.24) is 0 Å². The van der Waals surface area contributed by atoms with E-state index in [1.807, 2.05) is 6.26 Å². The smallest absolute Gasteiger partial charge is 0.0722 e. The average molecular weight is 202 g/mol. The van der Waals surface area contributed by atoms with Gasteiger partial charge in [0.2, 0.25) is 0 Å². The van der Waals surface area contributed by atoms with Gasteiger partial charge in [-0.15, -0.1) is 0 Å². The van der Waals surface area contributed by atoms with Gasteiger partial charge in [0.1, 0.15) is 0 Å². The molecule has 13 heavy (non-hydrogen) atoms. The van der Waals surface area contributed by atoms with E-state index in [2.05, 4.69) is 20.8 Å². The van der Waals surface area contributed by atoms with Gasteiger partial charge in [0.15, 0.2) is 0 Å². The summed E-state index contributed by atoms with van der Waals surface area (Å²) in [6, 6.07) is 0. The molecular formula is C11H22OS. The maximum atomic E-state index is 5.56. The van der Waals surface area contributed by atoms with Crippen LogP contribution in [-0.2, 0) is 4.18 Å². The summed E-state index contributed by atoms with van der Waals surface area (Å²) in [5.41, 5.74) is 0.490. The Morgan fingerprint density at radius 1 is 1.08 bits per heavy atom. The Kier molecular flexibility index (Phi) is 4.11. The lowest BCUT2D eigenvalue weighted by atomic mass is 9.72. The summed E-state index contributed by atoms with van der Waals surface area (Å²) >= 11 is 1.52. The third-order valence-corrected chi connectivity index (χ3v) is 3.60. The largest absolute Gasteiger partial charge is 0.312 e. The Labute approximate surface area is 86.8 Å². The van der Waals surface area contributed by atoms with E-state index in [1.54, 1.807) is 0 Å². The lowest BCUT2D eigenvalue weighted by Gasteiger charge is -2.36. The van der Waals surface area contributed by atoms with Gasteiger partial charge in [0.25, 0.3) is 0 Å². The van der Waals surface area contributed by atoms with Crippen LogP contribution < -0.4 is 0 Å². The molecule has 0 saturated heterocycles. The molecule has 0 spiro atoms. The topological polar surface area (TPSA) is 9.23 Å². The van der Waals surface area contributed by atoms with Crippen molar-refractivity contribution in [2.75, 3.05) is 6.26 Å². The molecule has 0 aromatic heterocycles. The summed E-state index contributed by atoms with van der Waals surface area (Å²) in [4.78, 5) is 0. The van der Waals surface area contributed by atoms with Gasteiger partial charge in [-0.3, -0.25) is 0 Å². The van der Waals surface area contributed by atoms with Crippen LogP contribution >= 0.6 is 12.0 Å². The normalized spacial score (nSPS) is 30.5. The monoisotopic (exact) mass is 202 g/mol. The fourth-order valence-electron chi connectivity index (χ4n) is 2.16. The van der Waals surface area contributed by atoms with Crippen molar-refractivity contribution in [3.63, 3.8) is 0 Å². The van der Waals surface area contributed by atoms with E-state index in [0.717, 1.165) is 5.92 Å². The molecule has 0 N–H and O–H groups in total. The molecule has 0 aromatic carbocycles. The molecule has 0 aliphatic heterocycles. The first-order valence-electron chi connectivity index (χ1n) is 5.23. The molecule has 78 valence electrons. The second kappa shape index (κ2) is 4.70. The van der Waals surface area contributed by atoms with Crippen LogP contribution in [0.25, 0.3) is 0 Å².